The van der Waals surface area contributed by atoms with Crippen molar-refractivity contribution < 1.29 is 30.0 Å². The summed E-state index contributed by atoms with van der Waals surface area (Å²) in [4.78, 5) is 19.5. The number of hydrogen-bond donors (Lipinski definition) is 1. The van der Waals surface area contributed by atoms with Crippen LogP contribution in [0.25, 0.3) is 66.4 Å². The van der Waals surface area contributed by atoms with Gasteiger partial charge in [-0.1, -0.05) is 108 Å². The number of fused-ring (bicyclic) bond motifs is 4. The molecule has 0 bridgehead atoms. The molecule has 1 radical (unpaired) electrons. The molecule has 2 heterocycles. The van der Waals surface area contributed by atoms with Crippen molar-refractivity contribution in [2.45, 2.75) is 0 Å². The number of hydrogen-bond acceptors (Lipinski definition) is 3. The number of para-hydroxylation sites is 1. The second-order valence-corrected chi connectivity index (χ2v) is 9.85. The smallest absolute Gasteiger partial charge is 0.354 e. The second-order valence-electron chi connectivity index (χ2n) is 9.85. The summed E-state index contributed by atoms with van der Waals surface area (Å²) in [5, 5.41) is 10.9. The average molecular weight is 720 g/mol. The number of rotatable bonds is 3. The molecule has 0 unspecified atom stereocenters. The van der Waals surface area contributed by atoms with Gasteiger partial charge in [0.2, 0.25) is 0 Å². The summed E-state index contributed by atoms with van der Waals surface area (Å²) < 4.78 is 0. The summed E-state index contributed by atoms with van der Waals surface area (Å²) in [6.45, 7) is 0. The van der Waals surface area contributed by atoms with Crippen LogP contribution in [0.4, 0.5) is 0 Å². The van der Waals surface area contributed by atoms with Gasteiger partial charge in [-0.3, -0.25) is 4.98 Å². The topological polar surface area (TPSA) is 63.1 Å². The quantitative estimate of drug-likeness (QED) is 0.185. The molecule has 0 saturated heterocycles. The van der Waals surface area contributed by atoms with E-state index in [0.717, 1.165) is 22.2 Å². The third kappa shape index (κ3) is 5.01. The molecule has 1 aliphatic carbocycles. The Morgan fingerprint density at radius 3 is 2.05 bits per heavy atom. The van der Waals surface area contributed by atoms with Gasteiger partial charge in [-0.25, -0.2) is 9.78 Å². The zero-order valence-electron chi connectivity index (χ0n) is 22.3. The molecule has 4 nitrogen and oxygen atoms in total. The van der Waals surface area contributed by atoms with Crippen molar-refractivity contribution in [2.24, 2.45) is 0 Å². The van der Waals surface area contributed by atoms with Crippen LogP contribution in [0.1, 0.15) is 10.5 Å². The largest absolute Gasteiger partial charge is 0.477 e. The first-order valence-electron chi connectivity index (χ1n) is 13.4. The molecule has 0 spiro atoms. The van der Waals surface area contributed by atoms with E-state index in [1.54, 1.807) is 12.1 Å². The summed E-state index contributed by atoms with van der Waals surface area (Å²) in [6, 6.07) is 48.1. The molecule has 5 aromatic carbocycles. The summed E-state index contributed by atoms with van der Waals surface area (Å²) in [5.41, 5.74) is 11.3. The van der Waals surface area contributed by atoms with Crippen LogP contribution in [0.15, 0.2) is 133 Å². The Bertz CT molecular complexity index is 2070. The van der Waals surface area contributed by atoms with E-state index in [9.17, 15) is 4.79 Å². The van der Waals surface area contributed by atoms with Crippen molar-refractivity contribution in [1.82, 2.24) is 9.97 Å². The van der Waals surface area contributed by atoms with Crippen LogP contribution >= 0.6 is 0 Å². The van der Waals surface area contributed by atoms with E-state index in [2.05, 4.69) is 102 Å². The number of benzene rings is 5. The molecule has 0 fully saturated rings. The SMILES string of the molecule is O=C(O)c1ccc2ccccc2n1.[Ir].[c-]1cc(-c2ccccc2)ccc1-c1cc2c3c(cccc3n1)-c1ccccc1-2. The van der Waals surface area contributed by atoms with E-state index >= 15 is 0 Å². The molecule has 1 aliphatic rings. The minimum Gasteiger partial charge on any atom is -0.477 e. The molecular weight excluding hydrogens is 697 g/mol. The van der Waals surface area contributed by atoms with Crippen molar-refractivity contribution in [3.8, 4) is 44.6 Å². The summed E-state index contributed by atoms with van der Waals surface area (Å²) >= 11 is 0. The first-order valence-corrected chi connectivity index (χ1v) is 13.4. The van der Waals surface area contributed by atoms with E-state index in [1.165, 1.54) is 44.8 Å². The van der Waals surface area contributed by atoms with Gasteiger partial charge in [0, 0.05) is 30.9 Å². The van der Waals surface area contributed by atoms with E-state index < -0.39 is 5.97 Å². The summed E-state index contributed by atoms with van der Waals surface area (Å²) in [7, 11) is 0. The van der Waals surface area contributed by atoms with Gasteiger partial charge in [-0.2, -0.15) is 0 Å². The first kappa shape index (κ1) is 27.2. The standard InChI is InChI=1S/C27H16N.C10H7NO2.Ir/c1-2-7-18(8-3-1)19-13-15-20(16-14-19)26-17-24-22-10-5-4-9-21(22)23-11-6-12-25(28-26)27(23)24;12-10(13)9-6-5-7-3-1-2-4-8(7)11-9;/h1-15,17H;1-6H,(H,12,13);/q-1;;. The number of nitrogens with zero attached hydrogens (tertiary/aromatic N) is 2. The van der Waals surface area contributed by atoms with Gasteiger partial charge in [0.25, 0.3) is 0 Å². The monoisotopic (exact) mass is 720 g/mol. The molecule has 203 valence electrons. The number of carboxylic acids is 1. The van der Waals surface area contributed by atoms with Crippen molar-refractivity contribution in [2.75, 3.05) is 0 Å². The van der Waals surface area contributed by atoms with Crippen molar-refractivity contribution in [1.29, 1.82) is 0 Å². The van der Waals surface area contributed by atoms with E-state index in [4.69, 9.17) is 10.1 Å². The number of aromatic nitrogens is 2. The second kappa shape index (κ2) is 11.5. The summed E-state index contributed by atoms with van der Waals surface area (Å²) in [6.07, 6.45) is 0. The van der Waals surface area contributed by atoms with Crippen LogP contribution in [0, 0.1) is 6.07 Å². The molecule has 1 N–H and O–H groups in total. The van der Waals surface area contributed by atoms with E-state index in [1.807, 2.05) is 24.3 Å². The fourth-order valence-corrected chi connectivity index (χ4v) is 5.39. The molecule has 7 aromatic rings. The van der Waals surface area contributed by atoms with Crippen LogP contribution in [0.2, 0.25) is 0 Å². The molecule has 0 amide bonds. The van der Waals surface area contributed by atoms with Crippen LogP contribution < -0.4 is 0 Å². The Kier molecular flexibility index (Phi) is 7.45. The van der Waals surface area contributed by atoms with Gasteiger partial charge in [-0.05, 0) is 46.1 Å². The molecule has 8 rings (SSSR count). The molecule has 0 aliphatic heterocycles. The van der Waals surface area contributed by atoms with Gasteiger partial charge in [-0.15, -0.1) is 29.8 Å². The van der Waals surface area contributed by atoms with Crippen molar-refractivity contribution in [3.63, 3.8) is 0 Å². The molecular formula is C37H23IrN2O2-. The predicted octanol–water partition coefficient (Wildman–Crippen LogP) is 8.95. The normalized spacial score (nSPS) is 10.9. The van der Waals surface area contributed by atoms with Crippen molar-refractivity contribution >= 4 is 27.8 Å². The molecule has 0 atom stereocenters. The molecule has 5 heteroatoms. The fourth-order valence-electron chi connectivity index (χ4n) is 5.39. The van der Waals surface area contributed by atoms with E-state index in [0.29, 0.717) is 5.52 Å². The van der Waals surface area contributed by atoms with Gasteiger partial charge >= 0.3 is 5.97 Å². The third-order valence-electron chi connectivity index (χ3n) is 7.35. The Labute approximate surface area is 256 Å². The first-order chi connectivity index (χ1) is 20.2. The van der Waals surface area contributed by atoms with Gasteiger partial charge in [0.05, 0.1) is 11.0 Å². The van der Waals surface area contributed by atoms with Crippen LogP contribution in [0.3, 0.4) is 0 Å². The zero-order valence-corrected chi connectivity index (χ0v) is 24.7. The number of carboxylic acid groups (broad SMARTS) is 1. The molecule has 42 heavy (non-hydrogen) atoms. The number of aromatic carboxylic acids is 1. The van der Waals surface area contributed by atoms with Gasteiger partial charge in [0.1, 0.15) is 5.69 Å². The van der Waals surface area contributed by atoms with Gasteiger partial charge in [0.15, 0.2) is 0 Å². The maximum absolute atomic E-state index is 10.6. The molecule has 2 aromatic heterocycles. The Balaban J connectivity index is 0.000000191. The van der Waals surface area contributed by atoms with Crippen molar-refractivity contribution in [3.05, 3.63) is 145 Å². The van der Waals surface area contributed by atoms with Crippen LogP contribution in [-0.2, 0) is 20.1 Å². The van der Waals surface area contributed by atoms with Crippen LogP contribution in [-0.4, -0.2) is 21.0 Å². The van der Waals surface area contributed by atoms with E-state index in [-0.39, 0.29) is 25.8 Å². The van der Waals surface area contributed by atoms with Gasteiger partial charge < -0.3 is 5.11 Å². The Hall–Kier alpha value is -4.96. The molecule has 0 saturated carbocycles. The Morgan fingerprint density at radius 2 is 1.29 bits per heavy atom. The third-order valence-corrected chi connectivity index (χ3v) is 7.35. The number of carbonyl (C=O) groups is 1. The predicted molar refractivity (Wildman–Crippen MR) is 165 cm³/mol. The maximum Gasteiger partial charge on any atom is 0.354 e. The number of pyridine rings is 2. The van der Waals surface area contributed by atoms with Crippen LogP contribution in [0.5, 0.6) is 0 Å². The Morgan fingerprint density at radius 1 is 0.595 bits per heavy atom. The zero-order chi connectivity index (χ0) is 27.8. The summed E-state index contributed by atoms with van der Waals surface area (Å²) in [5.74, 6) is -0.995. The fraction of sp³-hybridized carbons (Fsp3) is 0. The minimum atomic E-state index is -0.995. The minimum absolute atomic E-state index is 0. The maximum atomic E-state index is 10.6. The average Bonchev–Trinajstić information content (AvgIpc) is 3.36.